The average molecular weight is 373 g/mol. The Kier molecular flexibility index (Phi) is 5.38. The van der Waals surface area contributed by atoms with Crippen molar-refractivity contribution in [2.24, 2.45) is 7.05 Å². The molecule has 0 aliphatic rings. The van der Waals surface area contributed by atoms with Crippen molar-refractivity contribution in [3.8, 4) is 5.75 Å². The molecule has 0 spiro atoms. The highest BCUT2D eigenvalue weighted by Crippen LogP contribution is 2.34. The highest BCUT2D eigenvalue weighted by atomic mass is 35.5. The van der Waals surface area contributed by atoms with E-state index in [0.29, 0.717) is 23.1 Å². The molecule has 0 aliphatic carbocycles. The molecule has 0 saturated carbocycles. The van der Waals surface area contributed by atoms with Crippen molar-refractivity contribution in [1.29, 1.82) is 0 Å². The number of hydrogen-bond donors (Lipinski definition) is 1. The number of carbonyl (C=O) groups excluding carboxylic acids is 1. The Hall–Kier alpha value is -2.66. The predicted molar refractivity (Wildman–Crippen MR) is 104 cm³/mol. The maximum absolute atomic E-state index is 11.9. The molecular weight excluding hydrogens is 352 g/mol. The molecule has 3 aromatic rings. The molecule has 1 aromatic heterocycles. The molecule has 3 rings (SSSR count). The Balaban J connectivity index is 1.77. The molecule has 0 amide bonds. The van der Waals surface area contributed by atoms with Crippen LogP contribution in [0, 0.1) is 0 Å². The number of esters is 1. The van der Waals surface area contributed by atoms with Crippen molar-refractivity contribution >= 4 is 34.2 Å². The smallest absolute Gasteiger partial charge is 0.354 e. The third kappa shape index (κ3) is 3.48. The van der Waals surface area contributed by atoms with Gasteiger partial charge in [0.2, 0.25) is 0 Å². The van der Waals surface area contributed by atoms with Crippen molar-refractivity contribution in [2.45, 2.75) is 12.8 Å². The number of nitrogen functional groups attached to an aromatic ring is 1. The lowest BCUT2D eigenvalue weighted by atomic mass is 10.1. The summed E-state index contributed by atoms with van der Waals surface area (Å²) < 4.78 is 12.5. The quantitative estimate of drug-likeness (QED) is 0.400. The first-order chi connectivity index (χ1) is 12.5. The molecule has 6 heteroatoms. The van der Waals surface area contributed by atoms with Gasteiger partial charge in [0.05, 0.1) is 24.3 Å². The summed E-state index contributed by atoms with van der Waals surface area (Å²) in [6, 6.07) is 13.2. The number of methoxy groups -OCH3 is 1. The van der Waals surface area contributed by atoms with Gasteiger partial charge in [0, 0.05) is 18.1 Å². The Bertz CT molecular complexity index is 950. The van der Waals surface area contributed by atoms with Gasteiger partial charge >= 0.3 is 5.97 Å². The zero-order chi connectivity index (χ0) is 18.7. The largest absolute Gasteiger partial charge is 0.493 e. The highest BCUT2D eigenvalue weighted by molar-refractivity contribution is 6.35. The second kappa shape index (κ2) is 7.70. The lowest BCUT2D eigenvalue weighted by Gasteiger charge is -2.10. The fourth-order valence-electron chi connectivity index (χ4n) is 3.03. The molecule has 136 valence electrons. The molecule has 0 aliphatic heterocycles. The number of ether oxygens (including phenoxy) is 2. The number of halogens is 1. The zero-order valence-corrected chi connectivity index (χ0v) is 15.5. The second-order valence-corrected chi connectivity index (χ2v) is 6.45. The summed E-state index contributed by atoms with van der Waals surface area (Å²) >= 11 is 6.31. The molecule has 0 radical (unpaired) electrons. The van der Waals surface area contributed by atoms with Crippen LogP contribution in [0.3, 0.4) is 0 Å². The molecule has 0 atom stereocenters. The van der Waals surface area contributed by atoms with Crippen LogP contribution in [0.15, 0.2) is 42.5 Å². The van der Waals surface area contributed by atoms with E-state index in [1.54, 1.807) is 23.7 Å². The molecule has 1 heterocycles. The van der Waals surface area contributed by atoms with E-state index in [9.17, 15) is 4.79 Å². The molecule has 0 bridgehead atoms. The summed E-state index contributed by atoms with van der Waals surface area (Å²) in [6.45, 7) is 0.535. The van der Waals surface area contributed by atoms with E-state index in [-0.39, 0.29) is 0 Å². The number of aryl methyl sites for hydroxylation is 2. The monoisotopic (exact) mass is 372 g/mol. The van der Waals surface area contributed by atoms with Crippen LogP contribution in [-0.2, 0) is 18.2 Å². The SMILES string of the molecule is COC(=O)c1cc2c(OCCCc3ccccc3N)ccc(Cl)c2n1C. The number of nitrogens with zero attached hydrogens (tertiary/aromatic N) is 1. The number of benzene rings is 2. The first kappa shape index (κ1) is 18.1. The van der Waals surface area contributed by atoms with Gasteiger partial charge in [-0.2, -0.15) is 0 Å². The van der Waals surface area contributed by atoms with E-state index in [1.807, 2.05) is 30.3 Å². The molecule has 2 aromatic carbocycles. The van der Waals surface area contributed by atoms with Crippen LogP contribution in [0.2, 0.25) is 5.02 Å². The van der Waals surface area contributed by atoms with Crippen LogP contribution in [0.5, 0.6) is 5.75 Å². The average Bonchev–Trinajstić information content (AvgIpc) is 2.99. The van der Waals surface area contributed by atoms with Crippen molar-refractivity contribution in [1.82, 2.24) is 4.57 Å². The number of hydrogen-bond acceptors (Lipinski definition) is 4. The number of carbonyl (C=O) groups is 1. The fourth-order valence-corrected chi connectivity index (χ4v) is 3.32. The zero-order valence-electron chi connectivity index (χ0n) is 14.8. The number of anilines is 1. The molecule has 0 fully saturated rings. The van der Waals surface area contributed by atoms with E-state index in [4.69, 9.17) is 26.8 Å². The van der Waals surface area contributed by atoms with Crippen LogP contribution in [0.1, 0.15) is 22.5 Å². The van der Waals surface area contributed by atoms with Crippen LogP contribution >= 0.6 is 11.6 Å². The first-order valence-corrected chi connectivity index (χ1v) is 8.73. The Morgan fingerprint density at radius 2 is 2.00 bits per heavy atom. The minimum atomic E-state index is -0.412. The molecule has 2 N–H and O–H groups in total. The van der Waals surface area contributed by atoms with Gasteiger partial charge in [0.1, 0.15) is 11.4 Å². The number of nitrogens with two attached hydrogens (primary N) is 1. The lowest BCUT2D eigenvalue weighted by Crippen LogP contribution is -2.07. The van der Waals surface area contributed by atoms with E-state index >= 15 is 0 Å². The van der Waals surface area contributed by atoms with Crippen LogP contribution in [0.4, 0.5) is 5.69 Å². The molecule has 5 nitrogen and oxygen atoms in total. The van der Waals surface area contributed by atoms with Gasteiger partial charge in [-0.25, -0.2) is 4.79 Å². The summed E-state index contributed by atoms with van der Waals surface area (Å²) in [7, 11) is 3.14. The maximum Gasteiger partial charge on any atom is 0.354 e. The predicted octanol–water partition coefficient (Wildman–Crippen LogP) is 4.21. The number of rotatable bonds is 6. The normalized spacial score (nSPS) is 10.9. The van der Waals surface area contributed by atoms with E-state index < -0.39 is 5.97 Å². The third-order valence-corrected chi connectivity index (χ3v) is 4.71. The summed E-state index contributed by atoms with van der Waals surface area (Å²) in [5.74, 6) is 0.279. The standard InChI is InChI=1S/C20H21ClN2O3/c1-23-17(20(24)25-2)12-14-18(10-9-15(21)19(14)23)26-11-5-7-13-6-3-4-8-16(13)22/h3-4,6,8-10,12H,5,7,11,22H2,1-2H3. The fraction of sp³-hybridized carbons (Fsp3) is 0.250. The lowest BCUT2D eigenvalue weighted by molar-refractivity contribution is 0.0590. The summed E-state index contributed by atoms with van der Waals surface area (Å²) in [6.07, 6.45) is 1.67. The second-order valence-electron chi connectivity index (χ2n) is 6.04. The first-order valence-electron chi connectivity index (χ1n) is 8.35. The number of fused-ring (bicyclic) bond motifs is 1. The molecule has 0 saturated heterocycles. The molecule has 0 unspecified atom stereocenters. The van der Waals surface area contributed by atoms with Gasteiger partial charge in [-0.15, -0.1) is 0 Å². The van der Waals surface area contributed by atoms with E-state index in [0.717, 1.165) is 35.0 Å². The summed E-state index contributed by atoms with van der Waals surface area (Å²) in [5, 5.41) is 1.35. The topological polar surface area (TPSA) is 66.5 Å². The van der Waals surface area contributed by atoms with Crippen molar-refractivity contribution in [3.63, 3.8) is 0 Å². The van der Waals surface area contributed by atoms with Gasteiger partial charge in [0.15, 0.2) is 0 Å². The maximum atomic E-state index is 11.9. The molecular formula is C20H21ClN2O3. The minimum Gasteiger partial charge on any atom is -0.493 e. The highest BCUT2D eigenvalue weighted by Gasteiger charge is 2.18. The summed E-state index contributed by atoms with van der Waals surface area (Å²) in [5.41, 5.74) is 9.05. The van der Waals surface area contributed by atoms with Crippen LogP contribution in [0.25, 0.3) is 10.9 Å². The van der Waals surface area contributed by atoms with Crippen molar-refractivity contribution in [3.05, 3.63) is 58.7 Å². The van der Waals surface area contributed by atoms with E-state index in [2.05, 4.69) is 0 Å². The van der Waals surface area contributed by atoms with Crippen molar-refractivity contribution < 1.29 is 14.3 Å². The minimum absolute atomic E-state index is 0.412. The Morgan fingerprint density at radius 1 is 1.23 bits per heavy atom. The van der Waals surface area contributed by atoms with Crippen LogP contribution in [-0.4, -0.2) is 24.3 Å². The van der Waals surface area contributed by atoms with E-state index in [1.165, 1.54) is 7.11 Å². The third-order valence-electron chi connectivity index (χ3n) is 4.40. The summed E-state index contributed by atoms with van der Waals surface area (Å²) in [4.78, 5) is 11.9. The molecule has 26 heavy (non-hydrogen) atoms. The van der Waals surface area contributed by atoms with Gasteiger partial charge in [-0.3, -0.25) is 0 Å². The van der Waals surface area contributed by atoms with Gasteiger partial charge < -0.3 is 19.8 Å². The Labute approximate surface area is 157 Å². The van der Waals surface area contributed by atoms with Gasteiger partial charge in [-0.05, 0) is 42.7 Å². The van der Waals surface area contributed by atoms with Crippen LogP contribution < -0.4 is 10.5 Å². The number of aromatic nitrogens is 1. The van der Waals surface area contributed by atoms with Crippen molar-refractivity contribution in [2.75, 3.05) is 19.5 Å². The number of para-hydroxylation sites is 1. The Morgan fingerprint density at radius 3 is 2.73 bits per heavy atom. The van der Waals surface area contributed by atoms with Gasteiger partial charge in [0.25, 0.3) is 0 Å². The van der Waals surface area contributed by atoms with Gasteiger partial charge in [-0.1, -0.05) is 29.8 Å².